The first kappa shape index (κ1) is 18.6. The third kappa shape index (κ3) is 3.68. The number of nitrogens with one attached hydrogen (secondary N) is 2. The van der Waals surface area contributed by atoms with E-state index in [9.17, 15) is 18.8 Å². The Balaban J connectivity index is 1.94. The van der Waals surface area contributed by atoms with Crippen molar-refractivity contribution in [3.8, 4) is 0 Å². The fraction of sp³-hybridized carbons (Fsp3) is 0.105. The highest BCUT2D eigenvalue weighted by molar-refractivity contribution is 6.31. The number of benzene rings is 2. The number of rotatable bonds is 4. The predicted octanol–water partition coefficient (Wildman–Crippen LogP) is 3.69. The molecule has 1 fully saturated rings. The molecular weight excluding hydrogens is 373 g/mol. The van der Waals surface area contributed by atoms with Gasteiger partial charge in [0.1, 0.15) is 5.82 Å². The van der Waals surface area contributed by atoms with Gasteiger partial charge in [0.05, 0.1) is 11.4 Å². The van der Waals surface area contributed by atoms with Crippen molar-refractivity contribution in [2.24, 2.45) is 5.92 Å². The Bertz CT molecular complexity index is 943. The van der Waals surface area contributed by atoms with Crippen LogP contribution < -0.4 is 15.5 Å². The fourth-order valence-electron chi connectivity index (χ4n) is 2.71. The van der Waals surface area contributed by atoms with Crippen LogP contribution in [0.25, 0.3) is 0 Å². The number of carbonyl (C=O) groups excluding carboxylic acids is 3. The molecule has 4 amide bonds. The van der Waals surface area contributed by atoms with E-state index in [4.69, 9.17) is 11.6 Å². The molecule has 1 aliphatic rings. The molecule has 1 aliphatic heterocycles. The maximum absolute atomic E-state index is 13.9. The van der Waals surface area contributed by atoms with Gasteiger partial charge in [0, 0.05) is 10.7 Å². The Morgan fingerprint density at radius 3 is 2.44 bits per heavy atom. The Morgan fingerprint density at radius 2 is 1.81 bits per heavy atom. The molecular formula is C19H15ClFN3O3. The lowest BCUT2D eigenvalue weighted by Gasteiger charge is -2.31. The first-order chi connectivity index (χ1) is 12.9. The van der Waals surface area contributed by atoms with Gasteiger partial charge >= 0.3 is 6.03 Å². The topological polar surface area (TPSA) is 78.5 Å². The fourth-order valence-corrected chi connectivity index (χ4v) is 2.84. The molecule has 2 aromatic carbocycles. The quantitative estimate of drug-likeness (QED) is 0.784. The summed E-state index contributed by atoms with van der Waals surface area (Å²) >= 11 is 5.84. The Kier molecular flexibility index (Phi) is 5.23. The second-order valence-electron chi connectivity index (χ2n) is 5.73. The summed E-state index contributed by atoms with van der Waals surface area (Å²) in [5.74, 6) is -3.40. The number of hydrogen-bond donors (Lipinski definition) is 2. The molecule has 0 bridgehead atoms. The standard InChI is InChI=1S/C19H15ClFN3O3/c1-2-14(22-15-6-4-3-5-13(15)21)16-17(25)23-19(27)24(18(16)26)12-9-7-11(20)8-10-12/h2-10,16,22H,1H3,(H,23,25,27)/b14-2+/t16-/m0/s1. The molecule has 1 atom stereocenters. The van der Waals surface area contributed by atoms with Crippen molar-refractivity contribution in [2.45, 2.75) is 6.92 Å². The van der Waals surface area contributed by atoms with Gasteiger partial charge in [0.15, 0.2) is 5.92 Å². The number of anilines is 2. The molecule has 3 rings (SSSR count). The van der Waals surface area contributed by atoms with Crippen LogP contribution in [0.4, 0.5) is 20.6 Å². The second-order valence-corrected chi connectivity index (χ2v) is 6.16. The highest BCUT2D eigenvalue weighted by Gasteiger charge is 2.43. The maximum atomic E-state index is 13.9. The number of hydrogen-bond acceptors (Lipinski definition) is 4. The van der Waals surface area contributed by atoms with Crippen LogP contribution in [0.5, 0.6) is 0 Å². The molecule has 1 saturated heterocycles. The van der Waals surface area contributed by atoms with E-state index in [1.165, 1.54) is 48.5 Å². The van der Waals surface area contributed by atoms with Crippen LogP contribution in [0.2, 0.25) is 5.02 Å². The number of nitrogens with zero attached hydrogens (tertiary/aromatic N) is 1. The summed E-state index contributed by atoms with van der Waals surface area (Å²) in [5.41, 5.74) is 0.538. The SMILES string of the molecule is C/C=C(/Nc1ccccc1F)[C@H]1C(=O)NC(=O)N(c2ccc(Cl)cc2)C1=O. The summed E-state index contributed by atoms with van der Waals surface area (Å²) in [7, 11) is 0. The number of amides is 4. The lowest BCUT2D eigenvalue weighted by molar-refractivity contribution is -0.132. The highest BCUT2D eigenvalue weighted by atomic mass is 35.5. The number of para-hydroxylation sites is 1. The van der Waals surface area contributed by atoms with Crippen molar-refractivity contribution in [2.75, 3.05) is 10.2 Å². The number of halogens is 2. The Morgan fingerprint density at radius 1 is 1.15 bits per heavy atom. The number of barbiturate groups is 1. The molecule has 0 saturated carbocycles. The van der Waals surface area contributed by atoms with Gasteiger partial charge in [0.25, 0.3) is 5.91 Å². The molecule has 8 heteroatoms. The third-order valence-corrected chi connectivity index (χ3v) is 4.27. The zero-order valence-corrected chi connectivity index (χ0v) is 15.0. The molecule has 0 aromatic heterocycles. The van der Waals surface area contributed by atoms with Crippen molar-refractivity contribution in [3.63, 3.8) is 0 Å². The molecule has 27 heavy (non-hydrogen) atoms. The van der Waals surface area contributed by atoms with Crippen LogP contribution in [0.3, 0.4) is 0 Å². The van der Waals surface area contributed by atoms with Crippen LogP contribution in [0.1, 0.15) is 6.92 Å². The van der Waals surface area contributed by atoms with Gasteiger partial charge in [-0.15, -0.1) is 0 Å². The average molecular weight is 388 g/mol. The van der Waals surface area contributed by atoms with Crippen LogP contribution in [0, 0.1) is 11.7 Å². The minimum absolute atomic E-state index is 0.112. The summed E-state index contributed by atoms with van der Waals surface area (Å²) in [6.45, 7) is 1.60. The minimum atomic E-state index is -1.33. The molecule has 2 aromatic rings. The van der Waals surface area contributed by atoms with Crippen LogP contribution in [-0.4, -0.2) is 17.8 Å². The van der Waals surface area contributed by atoms with E-state index in [1.807, 2.05) is 0 Å². The first-order valence-electron chi connectivity index (χ1n) is 8.04. The number of allylic oxidation sites excluding steroid dienone is 1. The summed E-state index contributed by atoms with van der Waals surface area (Å²) in [5, 5.41) is 5.36. The smallest absolute Gasteiger partial charge is 0.335 e. The highest BCUT2D eigenvalue weighted by Crippen LogP contribution is 2.27. The van der Waals surface area contributed by atoms with Crippen molar-refractivity contribution in [3.05, 3.63) is 71.1 Å². The molecule has 1 heterocycles. The molecule has 138 valence electrons. The van der Waals surface area contributed by atoms with E-state index in [2.05, 4.69) is 10.6 Å². The Labute approximate surface area is 159 Å². The third-order valence-electron chi connectivity index (χ3n) is 4.02. The normalized spacial score (nSPS) is 17.7. The molecule has 2 N–H and O–H groups in total. The lowest BCUT2D eigenvalue weighted by atomic mass is 9.99. The van der Waals surface area contributed by atoms with Crippen LogP contribution in [0.15, 0.2) is 60.3 Å². The van der Waals surface area contributed by atoms with Crippen molar-refractivity contribution in [1.29, 1.82) is 0 Å². The summed E-state index contributed by atoms with van der Waals surface area (Å²) < 4.78 is 13.9. The van der Waals surface area contributed by atoms with E-state index >= 15 is 0 Å². The van der Waals surface area contributed by atoms with E-state index in [-0.39, 0.29) is 17.1 Å². The molecule has 6 nitrogen and oxygen atoms in total. The van der Waals surface area contributed by atoms with Crippen molar-refractivity contribution >= 4 is 40.8 Å². The zero-order valence-electron chi connectivity index (χ0n) is 14.2. The van der Waals surface area contributed by atoms with Crippen LogP contribution in [-0.2, 0) is 9.59 Å². The van der Waals surface area contributed by atoms with E-state index in [1.54, 1.807) is 13.0 Å². The maximum Gasteiger partial charge on any atom is 0.335 e. The monoisotopic (exact) mass is 387 g/mol. The van der Waals surface area contributed by atoms with Crippen molar-refractivity contribution < 1.29 is 18.8 Å². The van der Waals surface area contributed by atoms with Gasteiger partial charge in [-0.25, -0.2) is 14.1 Å². The number of imide groups is 2. The summed E-state index contributed by atoms with van der Waals surface area (Å²) in [6.07, 6.45) is 1.49. The van der Waals surface area contributed by atoms with E-state index < -0.39 is 29.6 Å². The van der Waals surface area contributed by atoms with Crippen molar-refractivity contribution in [1.82, 2.24) is 5.32 Å². The molecule has 0 unspecified atom stereocenters. The minimum Gasteiger partial charge on any atom is -0.356 e. The number of urea groups is 1. The van der Waals surface area contributed by atoms with Gasteiger partial charge in [-0.1, -0.05) is 29.8 Å². The Hall–Kier alpha value is -3.19. The predicted molar refractivity (Wildman–Crippen MR) is 99.7 cm³/mol. The van der Waals surface area contributed by atoms with Gasteiger partial charge in [-0.3, -0.25) is 14.9 Å². The summed E-state index contributed by atoms with van der Waals surface area (Å²) in [6, 6.07) is 11.0. The summed E-state index contributed by atoms with van der Waals surface area (Å²) in [4.78, 5) is 38.4. The second kappa shape index (κ2) is 7.59. The van der Waals surface area contributed by atoms with Crippen LogP contribution >= 0.6 is 11.6 Å². The molecule has 0 aliphatic carbocycles. The zero-order chi connectivity index (χ0) is 19.6. The van der Waals surface area contributed by atoms with Gasteiger partial charge in [-0.2, -0.15) is 0 Å². The largest absolute Gasteiger partial charge is 0.356 e. The van der Waals surface area contributed by atoms with Gasteiger partial charge in [-0.05, 0) is 43.3 Å². The number of carbonyl (C=O) groups is 3. The van der Waals surface area contributed by atoms with Gasteiger partial charge < -0.3 is 5.32 Å². The van der Waals surface area contributed by atoms with E-state index in [0.29, 0.717) is 5.02 Å². The average Bonchev–Trinajstić information content (AvgIpc) is 2.63. The molecule has 0 radical (unpaired) electrons. The lowest BCUT2D eigenvalue weighted by Crippen LogP contribution is -2.59. The molecule has 0 spiro atoms. The van der Waals surface area contributed by atoms with Gasteiger partial charge in [0.2, 0.25) is 5.91 Å². The first-order valence-corrected chi connectivity index (χ1v) is 8.42. The van der Waals surface area contributed by atoms with E-state index in [0.717, 1.165) is 4.90 Å².